The molecule has 5 nitrogen and oxygen atoms in total. The van der Waals surface area contributed by atoms with Crippen LogP contribution in [0, 0.1) is 0 Å². The van der Waals surface area contributed by atoms with Gasteiger partial charge in [0.15, 0.2) is 0 Å². The van der Waals surface area contributed by atoms with E-state index >= 15 is 0 Å². The van der Waals surface area contributed by atoms with Crippen LogP contribution in [0.1, 0.15) is 24.8 Å². The Hall–Kier alpha value is -1.17. The molecular formula is C16H28N4O. The molecule has 0 atom stereocenters. The maximum absolute atomic E-state index is 5.53. The molecule has 0 aliphatic carbocycles. The van der Waals surface area contributed by atoms with Gasteiger partial charge in [0.25, 0.3) is 0 Å². The molecule has 21 heavy (non-hydrogen) atoms. The molecule has 1 saturated heterocycles. The lowest BCUT2D eigenvalue weighted by Crippen LogP contribution is -2.46. The third-order valence-corrected chi connectivity index (χ3v) is 4.08. The van der Waals surface area contributed by atoms with Crippen molar-refractivity contribution < 1.29 is 4.74 Å². The highest BCUT2D eigenvalue weighted by Gasteiger charge is 2.17. The molecule has 1 aliphatic rings. The molecule has 1 fully saturated rings. The first-order valence-electron chi connectivity index (χ1n) is 7.96. The SMILES string of the molecule is COc1ncccc1CN1CCN(CCCCCN)CC1. The summed E-state index contributed by atoms with van der Waals surface area (Å²) in [6, 6.07) is 4.08. The van der Waals surface area contributed by atoms with Crippen LogP contribution in [0.4, 0.5) is 0 Å². The highest BCUT2D eigenvalue weighted by molar-refractivity contribution is 5.25. The third-order valence-electron chi connectivity index (χ3n) is 4.08. The molecule has 5 heteroatoms. The van der Waals surface area contributed by atoms with Crippen molar-refractivity contribution in [3.05, 3.63) is 23.9 Å². The smallest absolute Gasteiger partial charge is 0.217 e. The van der Waals surface area contributed by atoms with Gasteiger partial charge in [-0.15, -0.1) is 0 Å². The van der Waals surface area contributed by atoms with E-state index in [1.165, 1.54) is 24.9 Å². The van der Waals surface area contributed by atoms with Crippen LogP contribution < -0.4 is 10.5 Å². The molecule has 0 bridgehead atoms. The second kappa shape index (κ2) is 8.97. The van der Waals surface area contributed by atoms with Crippen LogP contribution in [0.5, 0.6) is 5.88 Å². The summed E-state index contributed by atoms with van der Waals surface area (Å²) in [4.78, 5) is 9.31. The molecule has 118 valence electrons. The Morgan fingerprint density at radius 3 is 2.62 bits per heavy atom. The van der Waals surface area contributed by atoms with E-state index in [-0.39, 0.29) is 0 Å². The summed E-state index contributed by atoms with van der Waals surface area (Å²) in [5.74, 6) is 0.752. The number of hydrogen-bond acceptors (Lipinski definition) is 5. The lowest BCUT2D eigenvalue weighted by Gasteiger charge is -2.34. The van der Waals surface area contributed by atoms with Gasteiger partial charge in [0.2, 0.25) is 5.88 Å². The van der Waals surface area contributed by atoms with Gasteiger partial charge in [0.05, 0.1) is 7.11 Å². The van der Waals surface area contributed by atoms with Crippen molar-refractivity contribution in [3.8, 4) is 5.88 Å². The third kappa shape index (κ3) is 5.26. The minimum absolute atomic E-state index is 0.752. The Kier molecular flexibility index (Phi) is 6.92. The fourth-order valence-corrected chi connectivity index (χ4v) is 2.80. The Morgan fingerprint density at radius 2 is 1.90 bits per heavy atom. The second-order valence-electron chi connectivity index (χ2n) is 5.64. The summed E-state index contributed by atoms with van der Waals surface area (Å²) in [5, 5.41) is 0. The van der Waals surface area contributed by atoms with Crippen molar-refractivity contribution in [1.29, 1.82) is 0 Å². The van der Waals surface area contributed by atoms with Crippen molar-refractivity contribution in [2.45, 2.75) is 25.8 Å². The number of piperazine rings is 1. The largest absolute Gasteiger partial charge is 0.481 e. The summed E-state index contributed by atoms with van der Waals surface area (Å²) in [5.41, 5.74) is 6.70. The van der Waals surface area contributed by atoms with E-state index in [0.717, 1.165) is 51.6 Å². The zero-order valence-corrected chi connectivity index (χ0v) is 13.1. The quantitative estimate of drug-likeness (QED) is 0.733. The lowest BCUT2D eigenvalue weighted by molar-refractivity contribution is 0.124. The summed E-state index contributed by atoms with van der Waals surface area (Å²) in [6.07, 6.45) is 5.46. The van der Waals surface area contributed by atoms with Crippen molar-refractivity contribution in [2.75, 3.05) is 46.4 Å². The maximum atomic E-state index is 5.53. The molecule has 0 unspecified atom stereocenters. The molecule has 1 aromatic heterocycles. The van der Waals surface area contributed by atoms with Gasteiger partial charge in [-0.25, -0.2) is 4.98 Å². The molecule has 0 spiro atoms. The van der Waals surface area contributed by atoms with Gasteiger partial charge < -0.3 is 15.4 Å². The topological polar surface area (TPSA) is 54.6 Å². The van der Waals surface area contributed by atoms with E-state index in [2.05, 4.69) is 20.9 Å². The van der Waals surface area contributed by atoms with E-state index < -0.39 is 0 Å². The van der Waals surface area contributed by atoms with Crippen LogP contribution in [-0.4, -0.2) is 61.2 Å². The zero-order chi connectivity index (χ0) is 14.9. The van der Waals surface area contributed by atoms with E-state index in [1.807, 2.05) is 6.07 Å². The first kappa shape index (κ1) is 16.2. The standard InChI is InChI=1S/C16H28N4O/c1-21-16-15(6-5-8-18-16)14-20-12-10-19(11-13-20)9-4-2-3-7-17/h5-6,8H,2-4,7,9-14,17H2,1H3. The van der Waals surface area contributed by atoms with E-state index in [1.54, 1.807) is 13.3 Å². The van der Waals surface area contributed by atoms with Gasteiger partial charge in [0, 0.05) is 44.5 Å². The minimum atomic E-state index is 0.752. The van der Waals surface area contributed by atoms with Gasteiger partial charge in [-0.2, -0.15) is 0 Å². The van der Waals surface area contributed by atoms with Crippen LogP contribution in [0.25, 0.3) is 0 Å². The predicted molar refractivity (Wildman–Crippen MR) is 85.4 cm³/mol. The number of hydrogen-bond donors (Lipinski definition) is 1. The summed E-state index contributed by atoms with van der Waals surface area (Å²) < 4.78 is 5.33. The van der Waals surface area contributed by atoms with Crippen LogP contribution in [0.15, 0.2) is 18.3 Å². The average Bonchev–Trinajstić information content (AvgIpc) is 2.54. The monoisotopic (exact) mass is 292 g/mol. The van der Waals surface area contributed by atoms with Crippen molar-refractivity contribution in [3.63, 3.8) is 0 Å². The number of rotatable bonds is 8. The summed E-state index contributed by atoms with van der Waals surface area (Å²) in [6.45, 7) is 7.52. The number of aromatic nitrogens is 1. The first-order valence-corrected chi connectivity index (χ1v) is 7.96. The second-order valence-corrected chi connectivity index (χ2v) is 5.64. The molecule has 2 rings (SSSR count). The molecule has 0 amide bonds. The maximum Gasteiger partial charge on any atom is 0.217 e. The van der Waals surface area contributed by atoms with Gasteiger partial charge in [0.1, 0.15) is 0 Å². The highest BCUT2D eigenvalue weighted by atomic mass is 16.5. The van der Waals surface area contributed by atoms with Gasteiger partial charge in [-0.1, -0.05) is 12.5 Å². The molecular weight excluding hydrogens is 264 g/mol. The summed E-state index contributed by atoms with van der Waals surface area (Å²) in [7, 11) is 1.69. The lowest BCUT2D eigenvalue weighted by atomic mass is 10.2. The number of pyridine rings is 1. The number of nitrogens with two attached hydrogens (primary N) is 1. The van der Waals surface area contributed by atoms with Crippen molar-refractivity contribution in [1.82, 2.24) is 14.8 Å². The molecule has 2 heterocycles. The minimum Gasteiger partial charge on any atom is -0.481 e. The van der Waals surface area contributed by atoms with Gasteiger partial charge in [-0.3, -0.25) is 4.90 Å². The van der Waals surface area contributed by atoms with Crippen molar-refractivity contribution >= 4 is 0 Å². The van der Waals surface area contributed by atoms with Gasteiger partial charge in [-0.05, 0) is 32.0 Å². The Balaban J connectivity index is 1.71. The Labute approximate surface area is 128 Å². The molecule has 0 aromatic carbocycles. The number of nitrogens with zero attached hydrogens (tertiary/aromatic N) is 3. The molecule has 0 radical (unpaired) electrons. The van der Waals surface area contributed by atoms with Gasteiger partial charge >= 0.3 is 0 Å². The average molecular weight is 292 g/mol. The molecule has 2 N–H and O–H groups in total. The van der Waals surface area contributed by atoms with Crippen LogP contribution in [0.2, 0.25) is 0 Å². The van der Waals surface area contributed by atoms with Crippen LogP contribution in [-0.2, 0) is 6.54 Å². The first-order chi connectivity index (χ1) is 10.3. The number of methoxy groups -OCH3 is 1. The van der Waals surface area contributed by atoms with E-state index in [9.17, 15) is 0 Å². The molecule has 1 aliphatic heterocycles. The van der Waals surface area contributed by atoms with Crippen LogP contribution in [0.3, 0.4) is 0 Å². The van der Waals surface area contributed by atoms with E-state index in [0.29, 0.717) is 0 Å². The normalized spacial score (nSPS) is 17.0. The van der Waals surface area contributed by atoms with E-state index in [4.69, 9.17) is 10.5 Å². The number of unbranched alkanes of at least 4 members (excludes halogenated alkanes) is 2. The molecule has 1 aromatic rings. The zero-order valence-electron chi connectivity index (χ0n) is 13.1. The molecule has 0 saturated carbocycles. The Morgan fingerprint density at radius 1 is 1.14 bits per heavy atom. The van der Waals surface area contributed by atoms with Crippen molar-refractivity contribution in [2.24, 2.45) is 5.73 Å². The van der Waals surface area contributed by atoms with Crippen LogP contribution >= 0.6 is 0 Å². The highest BCUT2D eigenvalue weighted by Crippen LogP contribution is 2.17. The Bertz CT molecular complexity index is 405. The summed E-state index contributed by atoms with van der Waals surface area (Å²) >= 11 is 0. The fraction of sp³-hybridized carbons (Fsp3) is 0.688. The number of ether oxygens (including phenoxy) is 1. The predicted octanol–water partition coefficient (Wildman–Crippen LogP) is 1.34. The fourth-order valence-electron chi connectivity index (χ4n) is 2.80.